The van der Waals surface area contributed by atoms with Gasteiger partial charge in [0.15, 0.2) is 6.10 Å². The quantitative estimate of drug-likeness (QED) is 0.0262. The average molecular weight is 919 g/mol. The predicted molar refractivity (Wildman–Crippen MR) is 284 cm³/mol. The van der Waals surface area contributed by atoms with Crippen LogP contribution in [0.5, 0.6) is 0 Å². The molecule has 0 amide bonds. The number of hydrogen-bond donors (Lipinski definition) is 0. The maximum atomic E-state index is 12.8. The molecule has 0 heterocycles. The van der Waals surface area contributed by atoms with E-state index in [1.54, 1.807) is 0 Å². The van der Waals surface area contributed by atoms with E-state index in [4.69, 9.17) is 14.2 Å². The van der Waals surface area contributed by atoms with Crippen molar-refractivity contribution in [3.05, 3.63) is 85.1 Å². The van der Waals surface area contributed by atoms with Gasteiger partial charge in [-0.1, -0.05) is 234 Å². The lowest BCUT2D eigenvalue weighted by atomic mass is 10.0. The number of allylic oxidation sites excluding steroid dienone is 14. The summed E-state index contributed by atoms with van der Waals surface area (Å²) in [7, 11) is 0. The van der Waals surface area contributed by atoms with Crippen molar-refractivity contribution in [1.29, 1.82) is 0 Å². The second-order valence-corrected chi connectivity index (χ2v) is 18.1. The zero-order chi connectivity index (χ0) is 47.9. The summed E-state index contributed by atoms with van der Waals surface area (Å²) in [6.45, 7) is 6.45. The number of ether oxygens (including phenoxy) is 3. The molecule has 0 aliphatic rings. The van der Waals surface area contributed by atoms with Crippen molar-refractivity contribution >= 4 is 17.9 Å². The Kier molecular flexibility index (Phi) is 51.4. The molecule has 0 bridgehead atoms. The van der Waals surface area contributed by atoms with Crippen molar-refractivity contribution in [2.45, 2.75) is 264 Å². The van der Waals surface area contributed by atoms with Gasteiger partial charge in [-0.05, 0) is 89.9 Å². The molecule has 0 aliphatic heterocycles. The Hall–Kier alpha value is -3.41. The van der Waals surface area contributed by atoms with Gasteiger partial charge in [0.1, 0.15) is 13.2 Å². The Labute approximate surface area is 407 Å². The Morgan fingerprint density at radius 2 is 0.606 bits per heavy atom. The number of esters is 3. The van der Waals surface area contributed by atoms with Crippen LogP contribution in [0, 0.1) is 0 Å². The van der Waals surface area contributed by atoms with E-state index in [2.05, 4.69) is 106 Å². The Bertz CT molecular complexity index is 1290. The van der Waals surface area contributed by atoms with Gasteiger partial charge in [0, 0.05) is 19.3 Å². The predicted octanol–water partition coefficient (Wildman–Crippen LogP) is 18.4. The first-order valence-electron chi connectivity index (χ1n) is 27.6. The number of rotatable bonds is 49. The van der Waals surface area contributed by atoms with Crippen molar-refractivity contribution < 1.29 is 28.6 Å². The number of carbonyl (C=O) groups is 3. The fourth-order valence-corrected chi connectivity index (χ4v) is 7.51. The van der Waals surface area contributed by atoms with Crippen LogP contribution in [0.25, 0.3) is 0 Å². The van der Waals surface area contributed by atoms with Crippen LogP contribution < -0.4 is 0 Å². The Balaban J connectivity index is 4.48. The first-order chi connectivity index (χ1) is 32.5. The largest absolute Gasteiger partial charge is 0.462 e. The van der Waals surface area contributed by atoms with Crippen LogP contribution >= 0.6 is 0 Å². The average Bonchev–Trinajstić information content (AvgIpc) is 3.31. The van der Waals surface area contributed by atoms with E-state index in [0.29, 0.717) is 19.3 Å². The molecule has 0 rings (SSSR count). The molecule has 66 heavy (non-hydrogen) atoms. The molecule has 0 aromatic carbocycles. The highest BCUT2D eigenvalue weighted by Crippen LogP contribution is 2.15. The first kappa shape index (κ1) is 62.6. The Morgan fingerprint density at radius 3 is 1.02 bits per heavy atom. The van der Waals surface area contributed by atoms with Crippen LogP contribution in [0.2, 0.25) is 0 Å². The standard InChI is InChI=1S/C60H102O6/c1-4-7-10-13-16-19-22-25-28-30-33-35-38-41-44-47-50-53-59(62)65-56-57(55-64-58(61)52-49-46-43-40-37-34-31-27-24-21-18-15-12-9-6-3)66-60(63)54-51-48-45-42-39-36-32-29-26-23-20-17-14-11-8-5-2/h9,12,16,18-19,21,25,27-28,31,33,35,41,44,57H,4-8,10-11,13-15,17,20,22-24,26,29-30,32,34,36-40,42-43,45-56H2,1-3H3/b12-9-,19-16-,21-18-,28-25-,31-27-,35-33-,44-41-/t57-/m1/s1. The molecule has 0 unspecified atom stereocenters. The van der Waals surface area contributed by atoms with Crippen molar-refractivity contribution in [3.63, 3.8) is 0 Å². The molecular formula is C60H102O6. The van der Waals surface area contributed by atoms with E-state index in [0.717, 1.165) is 103 Å². The Morgan fingerprint density at radius 1 is 0.318 bits per heavy atom. The van der Waals surface area contributed by atoms with E-state index in [9.17, 15) is 14.4 Å². The van der Waals surface area contributed by atoms with Gasteiger partial charge in [0.05, 0.1) is 0 Å². The van der Waals surface area contributed by atoms with Crippen LogP contribution in [0.15, 0.2) is 85.1 Å². The summed E-state index contributed by atoms with van der Waals surface area (Å²) in [6.07, 6.45) is 70.0. The smallest absolute Gasteiger partial charge is 0.306 e. The van der Waals surface area contributed by atoms with Crippen LogP contribution in [0.1, 0.15) is 258 Å². The third-order valence-electron chi connectivity index (χ3n) is 11.6. The van der Waals surface area contributed by atoms with E-state index in [1.807, 2.05) is 0 Å². The number of carbonyl (C=O) groups excluding carboxylic acids is 3. The van der Waals surface area contributed by atoms with Gasteiger partial charge >= 0.3 is 17.9 Å². The minimum absolute atomic E-state index is 0.101. The monoisotopic (exact) mass is 919 g/mol. The molecule has 6 heteroatoms. The molecular weight excluding hydrogens is 817 g/mol. The molecule has 0 aromatic heterocycles. The molecule has 0 fully saturated rings. The highest BCUT2D eigenvalue weighted by atomic mass is 16.6. The first-order valence-corrected chi connectivity index (χ1v) is 27.6. The van der Waals surface area contributed by atoms with Gasteiger partial charge in [0.2, 0.25) is 0 Å². The summed E-state index contributed by atoms with van der Waals surface area (Å²) >= 11 is 0. The summed E-state index contributed by atoms with van der Waals surface area (Å²) in [5.74, 6) is -0.969. The summed E-state index contributed by atoms with van der Waals surface area (Å²) < 4.78 is 16.8. The third-order valence-corrected chi connectivity index (χ3v) is 11.6. The minimum Gasteiger partial charge on any atom is -0.462 e. The van der Waals surface area contributed by atoms with Crippen molar-refractivity contribution in [3.8, 4) is 0 Å². The van der Waals surface area contributed by atoms with E-state index in [1.165, 1.54) is 109 Å². The molecule has 0 N–H and O–H groups in total. The van der Waals surface area contributed by atoms with Crippen LogP contribution in [0.3, 0.4) is 0 Å². The number of hydrogen-bond acceptors (Lipinski definition) is 6. The van der Waals surface area contributed by atoms with Crippen LogP contribution in [-0.2, 0) is 28.6 Å². The second kappa shape index (κ2) is 54.2. The zero-order valence-electron chi connectivity index (χ0n) is 43.2. The van der Waals surface area contributed by atoms with Crippen LogP contribution in [-0.4, -0.2) is 37.2 Å². The lowest BCUT2D eigenvalue weighted by molar-refractivity contribution is -0.167. The van der Waals surface area contributed by atoms with E-state index < -0.39 is 6.10 Å². The highest BCUT2D eigenvalue weighted by molar-refractivity contribution is 5.71. The molecule has 0 saturated heterocycles. The van der Waals surface area contributed by atoms with Gasteiger partial charge in [-0.15, -0.1) is 0 Å². The fourth-order valence-electron chi connectivity index (χ4n) is 7.51. The molecule has 0 radical (unpaired) electrons. The molecule has 0 spiro atoms. The zero-order valence-corrected chi connectivity index (χ0v) is 43.2. The van der Waals surface area contributed by atoms with E-state index >= 15 is 0 Å². The topological polar surface area (TPSA) is 78.9 Å². The summed E-state index contributed by atoms with van der Waals surface area (Å²) in [6, 6.07) is 0. The maximum absolute atomic E-state index is 12.8. The molecule has 378 valence electrons. The second-order valence-electron chi connectivity index (χ2n) is 18.1. The molecule has 1 atom stereocenters. The summed E-state index contributed by atoms with van der Waals surface area (Å²) in [5.41, 5.74) is 0. The van der Waals surface area contributed by atoms with Gasteiger partial charge < -0.3 is 14.2 Å². The fraction of sp³-hybridized carbons (Fsp3) is 0.717. The molecule has 0 aliphatic carbocycles. The van der Waals surface area contributed by atoms with Gasteiger partial charge in [-0.25, -0.2) is 0 Å². The molecule has 6 nitrogen and oxygen atoms in total. The van der Waals surface area contributed by atoms with Crippen molar-refractivity contribution in [1.82, 2.24) is 0 Å². The number of unbranched alkanes of at least 4 members (excludes halogenated alkanes) is 24. The third kappa shape index (κ3) is 51.6. The van der Waals surface area contributed by atoms with Crippen LogP contribution in [0.4, 0.5) is 0 Å². The molecule has 0 aromatic rings. The summed E-state index contributed by atoms with van der Waals surface area (Å²) in [4.78, 5) is 38.1. The van der Waals surface area contributed by atoms with Gasteiger partial charge in [0.25, 0.3) is 0 Å². The maximum Gasteiger partial charge on any atom is 0.306 e. The van der Waals surface area contributed by atoms with Gasteiger partial charge in [-0.2, -0.15) is 0 Å². The minimum atomic E-state index is -0.804. The van der Waals surface area contributed by atoms with E-state index in [-0.39, 0.29) is 37.5 Å². The highest BCUT2D eigenvalue weighted by Gasteiger charge is 2.19. The lowest BCUT2D eigenvalue weighted by Gasteiger charge is -2.18. The van der Waals surface area contributed by atoms with Crippen molar-refractivity contribution in [2.24, 2.45) is 0 Å². The molecule has 0 saturated carbocycles. The lowest BCUT2D eigenvalue weighted by Crippen LogP contribution is -2.30. The normalized spacial score (nSPS) is 12.7. The SMILES string of the molecule is CC/C=C\C/C=C\C/C=C\CCCCCCCC(=O)OC[C@H](COC(=O)CCC/C=C\C/C=C\C/C=C\C/C=C\CCCCC)OC(=O)CCCCCCCCCCCCCCCCCC. The van der Waals surface area contributed by atoms with Crippen molar-refractivity contribution in [2.75, 3.05) is 13.2 Å². The van der Waals surface area contributed by atoms with Gasteiger partial charge in [-0.3, -0.25) is 14.4 Å². The summed E-state index contributed by atoms with van der Waals surface area (Å²) in [5, 5.41) is 0.